The number of nitrogens with zero attached hydrogens (tertiary/aromatic N) is 4. The molecule has 1 amide bonds. The van der Waals surface area contributed by atoms with Crippen LogP contribution in [0.15, 0.2) is 59.3 Å². The molecule has 0 radical (unpaired) electrons. The highest BCUT2D eigenvalue weighted by Crippen LogP contribution is 2.28. The number of halogens is 1. The Morgan fingerprint density at radius 2 is 1.81 bits per heavy atom. The van der Waals surface area contributed by atoms with E-state index in [-0.39, 0.29) is 30.5 Å². The minimum atomic E-state index is -0.0660. The predicted molar refractivity (Wildman–Crippen MR) is 125 cm³/mol. The van der Waals surface area contributed by atoms with Crippen molar-refractivity contribution in [3.05, 3.63) is 77.8 Å². The van der Waals surface area contributed by atoms with Gasteiger partial charge in [-0.05, 0) is 31.5 Å². The number of hydrogen-bond donors (Lipinski definition) is 0. The Bertz CT molecular complexity index is 994. The number of imidazole rings is 1. The third-order valence-electron chi connectivity index (χ3n) is 5.62. The molecule has 2 aromatic heterocycles. The maximum Gasteiger partial charge on any atom is 0.289 e. The maximum atomic E-state index is 12.9. The van der Waals surface area contributed by atoms with Gasteiger partial charge in [-0.25, -0.2) is 4.98 Å². The van der Waals surface area contributed by atoms with Crippen molar-refractivity contribution in [3.63, 3.8) is 0 Å². The zero-order valence-electron chi connectivity index (χ0n) is 18.8. The number of aryl methyl sites for hydroxylation is 1. The molecular formula is C24H31ClN4O3. The molecule has 1 aromatic carbocycles. The molecule has 0 spiro atoms. The third-order valence-corrected chi connectivity index (χ3v) is 5.62. The Labute approximate surface area is 195 Å². The van der Waals surface area contributed by atoms with Crippen LogP contribution in [0.3, 0.4) is 0 Å². The molecule has 0 N–H and O–H groups in total. The lowest BCUT2D eigenvalue weighted by Crippen LogP contribution is -2.50. The Hall–Kier alpha value is -2.61. The first kappa shape index (κ1) is 24.0. The van der Waals surface area contributed by atoms with Crippen LogP contribution in [-0.2, 0) is 18.4 Å². The molecule has 1 aliphatic rings. The topological polar surface area (TPSA) is 63.7 Å². The summed E-state index contributed by atoms with van der Waals surface area (Å²) in [6.07, 6.45) is 3.93. The standard InChI is InChI=1S/C24H30N4O3.ClH/c1-18(2)30-17-20-9-10-21(31-20)24(29)28-15-13-27(14-16-28)22(19-7-5-4-6-8-19)23-25-11-12-26(23)3;/h4-12,18,22H,13-17H2,1-3H3;1H. The van der Waals surface area contributed by atoms with Crippen molar-refractivity contribution < 1.29 is 13.9 Å². The molecule has 3 heterocycles. The van der Waals surface area contributed by atoms with Crippen molar-refractivity contribution in [1.82, 2.24) is 19.4 Å². The van der Waals surface area contributed by atoms with Crippen LogP contribution in [0.25, 0.3) is 0 Å². The molecule has 1 aliphatic heterocycles. The Kier molecular flexibility index (Phi) is 8.12. The van der Waals surface area contributed by atoms with Crippen molar-refractivity contribution in [2.24, 2.45) is 7.05 Å². The molecule has 32 heavy (non-hydrogen) atoms. The van der Waals surface area contributed by atoms with Crippen LogP contribution >= 0.6 is 12.4 Å². The average molecular weight is 459 g/mol. The number of piperazine rings is 1. The summed E-state index contributed by atoms with van der Waals surface area (Å²) in [5.41, 5.74) is 1.21. The molecule has 1 saturated heterocycles. The second kappa shape index (κ2) is 10.8. The van der Waals surface area contributed by atoms with Gasteiger partial charge in [0.15, 0.2) is 5.76 Å². The van der Waals surface area contributed by atoms with E-state index in [1.54, 1.807) is 6.07 Å². The molecule has 8 heteroatoms. The van der Waals surface area contributed by atoms with Crippen molar-refractivity contribution in [3.8, 4) is 0 Å². The summed E-state index contributed by atoms with van der Waals surface area (Å²) in [6.45, 7) is 7.14. The van der Waals surface area contributed by atoms with Gasteiger partial charge in [0.05, 0.1) is 12.1 Å². The van der Waals surface area contributed by atoms with Gasteiger partial charge in [-0.15, -0.1) is 12.4 Å². The zero-order valence-corrected chi connectivity index (χ0v) is 19.6. The summed E-state index contributed by atoms with van der Waals surface area (Å²) < 4.78 is 13.4. The van der Waals surface area contributed by atoms with E-state index in [4.69, 9.17) is 9.15 Å². The number of carbonyl (C=O) groups excluding carboxylic acids is 1. The van der Waals surface area contributed by atoms with E-state index >= 15 is 0 Å². The SMILES string of the molecule is CC(C)OCc1ccc(C(=O)N2CCN(C(c3ccccc3)c3nccn3C)CC2)o1.Cl. The normalized spacial score (nSPS) is 15.6. The van der Waals surface area contributed by atoms with E-state index in [0.29, 0.717) is 31.2 Å². The fraction of sp³-hybridized carbons (Fsp3) is 0.417. The molecule has 172 valence electrons. The van der Waals surface area contributed by atoms with Gasteiger partial charge in [0.2, 0.25) is 0 Å². The van der Waals surface area contributed by atoms with E-state index in [2.05, 4.69) is 38.7 Å². The first-order valence-electron chi connectivity index (χ1n) is 10.8. The van der Waals surface area contributed by atoms with Crippen molar-refractivity contribution in [2.45, 2.75) is 32.6 Å². The average Bonchev–Trinajstić information content (AvgIpc) is 3.43. The van der Waals surface area contributed by atoms with Crippen molar-refractivity contribution >= 4 is 18.3 Å². The minimum absolute atomic E-state index is 0. The van der Waals surface area contributed by atoms with E-state index in [1.807, 2.05) is 50.3 Å². The quantitative estimate of drug-likeness (QED) is 0.537. The lowest BCUT2D eigenvalue weighted by atomic mass is 10.0. The van der Waals surface area contributed by atoms with E-state index in [1.165, 1.54) is 5.56 Å². The van der Waals surface area contributed by atoms with Crippen LogP contribution in [0.1, 0.15) is 47.6 Å². The summed E-state index contributed by atoms with van der Waals surface area (Å²) in [5, 5.41) is 0. The highest BCUT2D eigenvalue weighted by atomic mass is 35.5. The van der Waals surface area contributed by atoms with E-state index in [0.717, 1.165) is 18.9 Å². The number of furan rings is 1. The Balaban J connectivity index is 0.00000289. The van der Waals surface area contributed by atoms with Crippen LogP contribution in [0.2, 0.25) is 0 Å². The van der Waals surface area contributed by atoms with E-state index in [9.17, 15) is 4.79 Å². The van der Waals surface area contributed by atoms with Crippen LogP contribution in [0.4, 0.5) is 0 Å². The largest absolute Gasteiger partial charge is 0.453 e. The highest BCUT2D eigenvalue weighted by Gasteiger charge is 2.31. The second-order valence-corrected chi connectivity index (χ2v) is 8.16. The number of rotatable bonds is 7. The smallest absolute Gasteiger partial charge is 0.289 e. The van der Waals surface area contributed by atoms with Gasteiger partial charge >= 0.3 is 0 Å². The number of hydrogen-bond acceptors (Lipinski definition) is 5. The number of amides is 1. The molecule has 0 saturated carbocycles. The second-order valence-electron chi connectivity index (χ2n) is 8.16. The fourth-order valence-corrected chi connectivity index (χ4v) is 3.96. The first-order valence-corrected chi connectivity index (χ1v) is 10.8. The van der Waals surface area contributed by atoms with Gasteiger partial charge in [-0.1, -0.05) is 30.3 Å². The summed E-state index contributed by atoms with van der Waals surface area (Å²) in [4.78, 5) is 21.8. The fourth-order valence-electron chi connectivity index (χ4n) is 3.96. The summed E-state index contributed by atoms with van der Waals surface area (Å²) in [7, 11) is 2.02. The molecule has 1 unspecified atom stereocenters. The molecule has 0 aliphatic carbocycles. The molecule has 7 nitrogen and oxygen atoms in total. The summed E-state index contributed by atoms with van der Waals surface area (Å²) >= 11 is 0. The van der Waals surface area contributed by atoms with Crippen molar-refractivity contribution in [2.75, 3.05) is 26.2 Å². The number of carbonyl (C=O) groups is 1. The van der Waals surface area contributed by atoms with E-state index < -0.39 is 0 Å². The van der Waals surface area contributed by atoms with Crippen LogP contribution in [0, 0.1) is 0 Å². The molecule has 3 aromatic rings. The molecule has 4 rings (SSSR count). The predicted octanol–water partition coefficient (Wildman–Crippen LogP) is 3.91. The van der Waals surface area contributed by atoms with Crippen molar-refractivity contribution in [1.29, 1.82) is 0 Å². The minimum Gasteiger partial charge on any atom is -0.453 e. The lowest BCUT2D eigenvalue weighted by Gasteiger charge is -2.39. The van der Waals surface area contributed by atoms with Gasteiger partial charge < -0.3 is 18.6 Å². The lowest BCUT2D eigenvalue weighted by molar-refractivity contribution is 0.0487. The molecule has 1 atom stereocenters. The molecular weight excluding hydrogens is 428 g/mol. The van der Waals surface area contributed by atoms with Gasteiger partial charge in [-0.3, -0.25) is 9.69 Å². The summed E-state index contributed by atoms with van der Waals surface area (Å²) in [6, 6.07) is 14.0. The number of aromatic nitrogens is 2. The Morgan fingerprint density at radius 1 is 1.09 bits per heavy atom. The highest BCUT2D eigenvalue weighted by molar-refractivity contribution is 5.91. The number of benzene rings is 1. The van der Waals surface area contributed by atoms with Gasteiger partial charge in [0.1, 0.15) is 18.2 Å². The van der Waals surface area contributed by atoms with Gasteiger partial charge in [0.25, 0.3) is 5.91 Å². The molecule has 1 fully saturated rings. The monoisotopic (exact) mass is 458 g/mol. The zero-order chi connectivity index (χ0) is 21.8. The first-order chi connectivity index (χ1) is 15.0. The van der Waals surface area contributed by atoms with Gasteiger partial charge in [0, 0.05) is 45.6 Å². The van der Waals surface area contributed by atoms with Crippen LogP contribution < -0.4 is 0 Å². The number of ether oxygens (including phenoxy) is 1. The van der Waals surface area contributed by atoms with Gasteiger partial charge in [-0.2, -0.15) is 0 Å². The van der Waals surface area contributed by atoms with Crippen LogP contribution in [-0.4, -0.2) is 57.5 Å². The molecule has 0 bridgehead atoms. The summed E-state index contributed by atoms with van der Waals surface area (Å²) in [5.74, 6) is 1.99. The third kappa shape index (κ3) is 5.41. The maximum absolute atomic E-state index is 12.9. The Morgan fingerprint density at radius 3 is 2.44 bits per heavy atom. The van der Waals surface area contributed by atoms with Crippen LogP contribution in [0.5, 0.6) is 0 Å².